The van der Waals surface area contributed by atoms with Crippen molar-refractivity contribution in [1.82, 2.24) is 15.2 Å². The number of nitrogens with zero attached hydrogens (tertiary/aromatic N) is 2. The predicted molar refractivity (Wildman–Crippen MR) is 92.7 cm³/mol. The van der Waals surface area contributed by atoms with Crippen LogP contribution >= 0.6 is 11.3 Å². The summed E-state index contributed by atoms with van der Waals surface area (Å²) in [6.45, 7) is 2.05. The normalized spacial score (nSPS) is 22.9. The lowest BCUT2D eigenvalue weighted by molar-refractivity contribution is -0.130. The fourth-order valence-corrected chi connectivity index (χ4v) is 3.79. The Kier molecular flexibility index (Phi) is 4.60. The topological polar surface area (TPSA) is 54.5 Å². The Morgan fingerprint density at radius 2 is 2.17 bits per heavy atom. The van der Waals surface area contributed by atoms with Gasteiger partial charge in [0.25, 0.3) is 0 Å². The standard InChI is InChI=1S/C18H21N3O2S/c22-17(20-14-6-7-14)16(13-4-2-1-3-5-13)21-9-10-23-15(12-21)18-19-8-11-24-18/h1-5,8,11,14-16H,6-7,9-10,12H2,(H,20,22)/t15-,16+/m0/s1. The smallest absolute Gasteiger partial charge is 0.242 e. The molecule has 2 aromatic rings. The third-order valence-corrected chi connectivity index (χ3v) is 5.34. The summed E-state index contributed by atoms with van der Waals surface area (Å²) < 4.78 is 5.89. The van der Waals surface area contributed by atoms with Crippen LogP contribution in [0.3, 0.4) is 0 Å². The van der Waals surface area contributed by atoms with Gasteiger partial charge in [-0.3, -0.25) is 9.69 Å². The van der Waals surface area contributed by atoms with Crippen LogP contribution < -0.4 is 5.32 Å². The Labute approximate surface area is 145 Å². The molecule has 2 aliphatic rings. The van der Waals surface area contributed by atoms with Crippen LogP contribution in [0.5, 0.6) is 0 Å². The molecule has 0 spiro atoms. The Hall–Kier alpha value is -1.76. The van der Waals surface area contributed by atoms with Crippen molar-refractivity contribution < 1.29 is 9.53 Å². The molecule has 126 valence electrons. The number of benzene rings is 1. The van der Waals surface area contributed by atoms with Crippen molar-refractivity contribution in [2.24, 2.45) is 0 Å². The van der Waals surface area contributed by atoms with Crippen molar-refractivity contribution in [1.29, 1.82) is 0 Å². The van der Waals surface area contributed by atoms with E-state index in [1.165, 1.54) is 0 Å². The number of ether oxygens (including phenoxy) is 1. The minimum absolute atomic E-state index is 0.0568. The van der Waals surface area contributed by atoms with Crippen molar-refractivity contribution in [3.8, 4) is 0 Å². The molecule has 1 aromatic carbocycles. The minimum Gasteiger partial charge on any atom is -0.368 e. The number of morpholine rings is 1. The number of amides is 1. The van der Waals surface area contributed by atoms with Crippen LogP contribution in [-0.2, 0) is 9.53 Å². The largest absolute Gasteiger partial charge is 0.368 e. The molecule has 0 bridgehead atoms. The van der Waals surface area contributed by atoms with Gasteiger partial charge in [0.1, 0.15) is 17.2 Å². The number of carbonyl (C=O) groups is 1. The van der Waals surface area contributed by atoms with Crippen molar-refractivity contribution in [2.45, 2.75) is 31.0 Å². The molecule has 0 radical (unpaired) electrons. The average molecular weight is 343 g/mol. The van der Waals surface area contributed by atoms with E-state index in [1.54, 1.807) is 17.5 Å². The van der Waals surface area contributed by atoms with Crippen LogP contribution in [0.25, 0.3) is 0 Å². The number of rotatable bonds is 5. The second kappa shape index (κ2) is 7.01. The monoisotopic (exact) mass is 343 g/mol. The Balaban J connectivity index is 1.56. The number of hydrogen-bond donors (Lipinski definition) is 1. The third kappa shape index (κ3) is 3.50. The van der Waals surface area contributed by atoms with Gasteiger partial charge in [-0.15, -0.1) is 11.3 Å². The lowest BCUT2D eigenvalue weighted by Gasteiger charge is -2.37. The Bertz CT molecular complexity index is 673. The summed E-state index contributed by atoms with van der Waals surface area (Å²) >= 11 is 1.60. The maximum absolute atomic E-state index is 12.9. The molecule has 1 aliphatic carbocycles. The highest BCUT2D eigenvalue weighted by molar-refractivity contribution is 7.09. The molecule has 2 fully saturated rings. The van der Waals surface area contributed by atoms with E-state index in [1.807, 2.05) is 35.7 Å². The summed E-state index contributed by atoms with van der Waals surface area (Å²) in [5.41, 5.74) is 1.04. The zero-order valence-corrected chi connectivity index (χ0v) is 14.2. The van der Waals surface area contributed by atoms with Crippen LogP contribution in [0, 0.1) is 0 Å². The van der Waals surface area contributed by atoms with Gasteiger partial charge >= 0.3 is 0 Å². The van der Waals surface area contributed by atoms with E-state index in [4.69, 9.17) is 4.74 Å². The summed E-state index contributed by atoms with van der Waals surface area (Å²) in [5, 5.41) is 6.11. The first kappa shape index (κ1) is 15.7. The molecular weight excluding hydrogens is 322 g/mol. The van der Waals surface area contributed by atoms with Gasteiger partial charge in [0, 0.05) is 30.7 Å². The lowest BCUT2D eigenvalue weighted by atomic mass is 10.0. The Morgan fingerprint density at radius 1 is 1.33 bits per heavy atom. The second-order valence-corrected chi connectivity index (χ2v) is 7.25. The van der Waals surface area contributed by atoms with Gasteiger partial charge in [-0.2, -0.15) is 0 Å². The molecule has 1 aromatic heterocycles. The maximum Gasteiger partial charge on any atom is 0.242 e. The first-order valence-electron chi connectivity index (χ1n) is 8.41. The number of hydrogen-bond acceptors (Lipinski definition) is 5. The highest BCUT2D eigenvalue weighted by Crippen LogP contribution is 2.31. The van der Waals surface area contributed by atoms with Crippen LogP contribution in [0.15, 0.2) is 41.9 Å². The minimum atomic E-state index is -0.266. The van der Waals surface area contributed by atoms with Crippen LogP contribution in [0.2, 0.25) is 0 Å². The van der Waals surface area contributed by atoms with Gasteiger partial charge < -0.3 is 10.1 Å². The quantitative estimate of drug-likeness (QED) is 0.906. The summed E-state index contributed by atoms with van der Waals surface area (Å²) in [4.78, 5) is 19.5. The number of aromatic nitrogens is 1. The lowest BCUT2D eigenvalue weighted by Crippen LogP contribution is -2.47. The first-order chi connectivity index (χ1) is 11.8. The van der Waals surface area contributed by atoms with E-state index >= 15 is 0 Å². The molecule has 1 amide bonds. The zero-order valence-electron chi connectivity index (χ0n) is 13.4. The van der Waals surface area contributed by atoms with Crippen LogP contribution in [-0.4, -0.2) is 41.5 Å². The molecule has 2 atom stereocenters. The Morgan fingerprint density at radius 3 is 2.88 bits per heavy atom. The molecule has 1 N–H and O–H groups in total. The predicted octanol–water partition coefficient (Wildman–Crippen LogP) is 2.54. The van der Waals surface area contributed by atoms with Crippen molar-refractivity contribution in [2.75, 3.05) is 19.7 Å². The van der Waals surface area contributed by atoms with E-state index in [-0.39, 0.29) is 18.1 Å². The van der Waals surface area contributed by atoms with Crippen molar-refractivity contribution in [3.05, 3.63) is 52.5 Å². The SMILES string of the molecule is O=C(NC1CC1)[C@@H](c1ccccc1)N1CCO[C@H](c2nccs2)C1. The zero-order chi connectivity index (χ0) is 16.4. The summed E-state index contributed by atoms with van der Waals surface area (Å²) in [7, 11) is 0. The fourth-order valence-electron chi connectivity index (χ4n) is 3.12. The number of carbonyl (C=O) groups excluding carboxylic acids is 1. The van der Waals surface area contributed by atoms with Crippen LogP contribution in [0.4, 0.5) is 0 Å². The highest BCUT2D eigenvalue weighted by Gasteiger charge is 2.35. The van der Waals surface area contributed by atoms with Crippen LogP contribution in [0.1, 0.15) is 35.6 Å². The second-order valence-electron chi connectivity index (χ2n) is 6.32. The van der Waals surface area contributed by atoms with E-state index < -0.39 is 0 Å². The molecule has 1 saturated carbocycles. The summed E-state index contributed by atoms with van der Waals surface area (Å²) in [6.07, 6.45) is 3.94. The number of nitrogens with one attached hydrogen (secondary N) is 1. The third-order valence-electron chi connectivity index (χ3n) is 4.48. The number of thiazole rings is 1. The van der Waals surface area contributed by atoms with Crippen molar-refractivity contribution >= 4 is 17.2 Å². The van der Waals surface area contributed by atoms with Crippen molar-refractivity contribution in [3.63, 3.8) is 0 Å². The maximum atomic E-state index is 12.9. The van der Waals surface area contributed by atoms with Gasteiger partial charge in [-0.05, 0) is 18.4 Å². The molecule has 24 heavy (non-hydrogen) atoms. The first-order valence-corrected chi connectivity index (χ1v) is 9.29. The highest BCUT2D eigenvalue weighted by atomic mass is 32.1. The van der Waals surface area contributed by atoms with E-state index in [0.717, 1.165) is 30.0 Å². The molecule has 1 saturated heterocycles. The molecule has 4 rings (SSSR count). The fraction of sp³-hybridized carbons (Fsp3) is 0.444. The van der Waals surface area contributed by atoms with Gasteiger partial charge in [-0.25, -0.2) is 4.98 Å². The molecule has 6 heteroatoms. The van der Waals surface area contributed by atoms with E-state index in [9.17, 15) is 4.79 Å². The van der Waals surface area contributed by atoms with Gasteiger partial charge in [-0.1, -0.05) is 30.3 Å². The van der Waals surface area contributed by atoms with Gasteiger partial charge in [0.2, 0.25) is 5.91 Å². The molecule has 2 heterocycles. The van der Waals surface area contributed by atoms with E-state index in [0.29, 0.717) is 19.2 Å². The van der Waals surface area contributed by atoms with Gasteiger partial charge in [0.05, 0.1) is 6.61 Å². The molecule has 0 unspecified atom stereocenters. The average Bonchev–Trinajstić information content (AvgIpc) is 3.25. The molecular formula is C18H21N3O2S. The van der Waals surface area contributed by atoms with Gasteiger partial charge in [0.15, 0.2) is 0 Å². The summed E-state index contributed by atoms with van der Waals surface area (Å²) in [5.74, 6) is 0.100. The van der Waals surface area contributed by atoms with E-state index in [2.05, 4.69) is 15.2 Å². The molecule has 5 nitrogen and oxygen atoms in total. The molecule has 1 aliphatic heterocycles. The summed E-state index contributed by atoms with van der Waals surface area (Å²) in [6, 6.07) is 10.1.